The van der Waals surface area contributed by atoms with E-state index in [4.69, 9.17) is 4.74 Å². The van der Waals surface area contributed by atoms with Crippen LogP contribution >= 0.6 is 0 Å². The number of nitrogens with one attached hydrogen (secondary N) is 1. The third-order valence-corrected chi connectivity index (χ3v) is 9.54. The highest BCUT2D eigenvalue weighted by Crippen LogP contribution is 2.12. The molecule has 2 unspecified atom stereocenters. The molecule has 0 spiro atoms. The van der Waals surface area contributed by atoms with Gasteiger partial charge < -0.3 is 20.3 Å². The molecule has 0 heterocycles. The van der Waals surface area contributed by atoms with Crippen molar-refractivity contribution in [3.63, 3.8) is 0 Å². The molecule has 0 radical (unpaired) electrons. The summed E-state index contributed by atoms with van der Waals surface area (Å²) < 4.78 is 5.41. The Bertz CT molecular complexity index is 895. The Kier molecular flexibility index (Phi) is 39.8. The number of carbonyl (C=O) groups excluding carboxylic acids is 2. The van der Waals surface area contributed by atoms with Crippen molar-refractivity contribution in [2.75, 3.05) is 13.2 Å². The zero-order valence-corrected chi connectivity index (χ0v) is 34.0. The average molecular weight is 730 g/mol. The van der Waals surface area contributed by atoms with Crippen LogP contribution in [0.4, 0.5) is 0 Å². The van der Waals surface area contributed by atoms with E-state index in [-0.39, 0.29) is 18.5 Å². The zero-order chi connectivity index (χ0) is 38.0. The summed E-state index contributed by atoms with van der Waals surface area (Å²) in [5.74, 6) is -0.141. The molecule has 0 aliphatic heterocycles. The van der Waals surface area contributed by atoms with Crippen molar-refractivity contribution in [1.29, 1.82) is 0 Å². The Balaban J connectivity index is 3.57. The molecule has 0 aromatic heterocycles. The first-order chi connectivity index (χ1) is 25.5. The van der Waals surface area contributed by atoms with E-state index in [1.807, 2.05) is 6.08 Å². The van der Waals surface area contributed by atoms with Gasteiger partial charge in [-0.1, -0.05) is 152 Å². The Morgan fingerprint density at radius 3 is 1.56 bits per heavy atom. The summed E-state index contributed by atoms with van der Waals surface area (Å²) >= 11 is 0. The maximum atomic E-state index is 12.3. The molecule has 302 valence electrons. The van der Waals surface area contributed by atoms with Gasteiger partial charge in [-0.25, -0.2) is 0 Å². The van der Waals surface area contributed by atoms with Crippen LogP contribution < -0.4 is 5.32 Å². The lowest BCUT2D eigenvalue weighted by Gasteiger charge is -2.20. The molecule has 0 aromatic carbocycles. The number of aliphatic hydroxyl groups is 2. The van der Waals surface area contributed by atoms with Crippen LogP contribution in [0.3, 0.4) is 0 Å². The second-order valence-corrected chi connectivity index (χ2v) is 14.7. The number of esters is 1. The van der Waals surface area contributed by atoms with Gasteiger partial charge in [0.15, 0.2) is 0 Å². The van der Waals surface area contributed by atoms with Crippen molar-refractivity contribution in [3.8, 4) is 0 Å². The largest absolute Gasteiger partial charge is 0.466 e. The third kappa shape index (κ3) is 37.6. The van der Waals surface area contributed by atoms with Gasteiger partial charge in [0.25, 0.3) is 0 Å². The SMILES string of the molecule is CCC/C=C\C/C=C\CCCCCCCC(=O)OCCCCC/C=C\CCCCCCCC(=O)NC(CO)C(O)/C=C/CCCCCCCCCC. The van der Waals surface area contributed by atoms with Crippen molar-refractivity contribution in [3.05, 3.63) is 48.6 Å². The van der Waals surface area contributed by atoms with E-state index in [0.29, 0.717) is 19.4 Å². The van der Waals surface area contributed by atoms with Crippen LogP contribution in [0.2, 0.25) is 0 Å². The Labute approximate surface area is 321 Å². The number of amides is 1. The lowest BCUT2D eigenvalue weighted by Crippen LogP contribution is -2.45. The topological polar surface area (TPSA) is 95.9 Å². The maximum Gasteiger partial charge on any atom is 0.305 e. The summed E-state index contributed by atoms with van der Waals surface area (Å²) in [6, 6.07) is -0.646. The predicted octanol–water partition coefficient (Wildman–Crippen LogP) is 12.3. The Morgan fingerprint density at radius 1 is 0.538 bits per heavy atom. The van der Waals surface area contributed by atoms with Crippen LogP contribution in [0.1, 0.15) is 206 Å². The number of hydrogen-bond donors (Lipinski definition) is 3. The van der Waals surface area contributed by atoms with E-state index in [1.165, 1.54) is 77.0 Å². The number of rotatable bonds is 39. The van der Waals surface area contributed by atoms with Crippen molar-refractivity contribution < 1.29 is 24.5 Å². The molecule has 0 saturated carbocycles. The highest BCUT2D eigenvalue weighted by molar-refractivity contribution is 5.76. The van der Waals surface area contributed by atoms with Crippen LogP contribution in [-0.4, -0.2) is 47.4 Å². The molecule has 6 nitrogen and oxygen atoms in total. The van der Waals surface area contributed by atoms with Crippen molar-refractivity contribution in [2.45, 2.75) is 219 Å². The van der Waals surface area contributed by atoms with Crippen molar-refractivity contribution in [1.82, 2.24) is 5.32 Å². The Morgan fingerprint density at radius 2 is 1.00 bits per heavy atom. The minimum atomic E-state index is -0.859. The number of carbonyl (C=O) groups is 2. The van der Waals surface area contributed by atoms with Gasteiger partial charge in [0.2, 0.25) is 5.91 Å². The average Bonchev–Trinajstić information content (AvgIpc) is 3.14. The van der Waals surface area contributed by atoms with Gasteiger partial charge in [0, 0.05) is 12.8 Å². The van der Waals surface area contributed by atoms with Crippen LogP contribution in [0.5, 0.6) is 0 Å². The first-order valence-corrected chi connectivity index (χ1v) is 21.9. The van der Waals surface area contributed by atoms with Gasteiger partial charge in [0.05, 0.1) is 25.4 Å². The molecule has 0 fully saturated rings. The molecule has 3 N–H and O–H groups in total. The zero-order valence-electron chi connectivity index (χ0n) is 34.0. The van der Waals surface area contributed by atoms with E-state index < -0.39 is 12.1 Å². The minimum absolute atomic E-state index is 0.0416. The molecule has 6 heteroatoms. The molecule has 0 aliphatic rings. The molecule has 52 heavy (non-hydrogen) atoms. The van der Waals surface area contributed by atoms with Crippen molar-refractivity contribution in [2.24, 2.45) is 0 Å². The number of hydrogen-bond acceptors (Lipinski definition) is 5. The quantitative estimate of drug-likeness (QED) is 0.0332. The lowest BCUT2D eigenvalue weighted by molar-refractivity contribution is -0.143. The summed E-state index contributed by atoms with van der Waals surface area (Å²) in [6.45, 7) is 4.72. The molecule has 0 bridgehead atoms. The molecule has 0 aromatic rings. The van der Waals surface area contributed by atoms with E-state index in [2.05, 4.69) is 55.6 Å². The van der Waals surface area contributed by atoms with Gasteiger partial charge in [-0.2, -0.15) is 0 Å². The molecular formula is C46H83NO5. The maximum absolute atomic E-state index is 12.3. The minimum Gasteiger partial charge on any atom is -0.466 e. The summed E-state index contributed by atoms with van der Waals surface area (Å²) in [5, 5.41) is 22.9. The van der Waals surface area contributed by atoms with E-state index in [0.717, 1.165) is 103 Å². The highest BCUT2D eigenvalue weighted by atomic mass is 16.5. The first kappa shape index (κ1) is 49.8. The molecule has 0 rings (SSSR count). The second kappa shape index (κ2) is 41.6. The summed E-state index contributed by atoms with van der Waals surface area (Å²) in [7, 11) is 0. The van der Waals surface area contributed by atoms with Crippen molar-refractivity contribution >= 4 is 11.9 Å². The molecular weight excluding hydrogens is 647 g/mol. The second-order valence-electron chi connectivity index (χ2n) is 14.7. The van der Waals surface area contributed by atoms with E-state index >= 15 is 0 Å². The van der Waals surface area contributed by atoms with Gasteiger partial charge in [-0.05, 0) is 89.9 Å². The van der Waals surface area contributed by atoms with Crippen LogP contribution in [0.25, 0.3) is 0 Å². The predicted molar refractivity (Wildman–Crippen MR) is 222 cm³/mol. The number of ether oxygens (including phenoxy) is 1. The summed E-state index contributed by atoms with van der Waals surface area (Å²) in [5.41, 5.74) is 0. The van der Waals surface area contributed by atoms with E-state index in [9.17, 15) is 19.8 Å². The van der Waals surface area contributed by atoms with Gasteiger partial charge in [-0.3, -0.25) is 9.59 Å². The fourth-order valence-corrected chi connectivity index (χ4v) is 6.13. The summed E-state index contributed by atoms with van der Waals surface area (Å²) in [6.07, 6.45) is 49.5. The van der Waals surface area contributed by atoms with Gasteiger partial charge in [0.1, 0.15) is 0 Å². The third-order valence-electron chi connectivity index (χ3n) is 9.54. The first-order valence-electron chi connectivity index (χ1n) is 21.9. The highest BCUT2D eigenvalue weighted by Gasteiger charge is 2.17. The number of allylic oxidation sites excluding steroid dienone is 7. The number of aliphatic hydroxyl groups excluding tert-OH is 2. The normalized spacial score (nSPS) is 13.2. The molecule has 1 amide bonds. The molecule has 0 aliphatic carbocycles. The standard InChI is InChI=1S/C46H83NO5/c1-3-5-7-9-11-13-15-16-20-24-28-32-36-40-46(51)52-41-37-33-29-25-21-18-17-19-23-27-31-35-39-45(50)47-43(42-48)44(49)38-34-30-26-22-14-12-10-8-6-4-2/h7,9,13,15,18,21,34,38,43-44,48-49H,3-6,8,10-12,14,16-17,19-20,22-33,35-37,39-42H2,1-2H3,(H,47,50)/b9-7-,15-13-,21-18-,38-34+. The van der Waals surface area contributed by atoms with Crippen LogP contribution in [-0.2, 0) is 14.3 Å². The smallest absolute Gasteiger partial charge is 0.305 e. The Hall–Kier alpha value is -2.18. The van der Waals surface area contributed by atoms with Crippen LogP contribution in [0, 0.1) is 0 Å². The summed E-state index contributed by atoms with van der Waals surface area (Å²) in [4.78, 5) is 24.3. The van der Waals surface area contributed by atoms with Gasteiger partial charge in [-0.15, -0.1) is 0 Å². The molecule has 2 atom stereocenters. The fourth-order valence-electron chi connectivity index (χ4n) is 6.13. The van der Waals surface area contributed by atoms with Crippen LogP contribution in [0.15, 0.2) is 48.6 Å². The molecule has 0 saturated heterocycles. The monoisotopic (exact) mass is 730 g/mol. The number of unbranched alkanes of at least 4 members (excludes halogenated alkanes) is 22. The fraction of sp³-hybridized carbons (Fsp3) is 0.783. The van der Waals surface area contributed by atoms with Gasteiger partial charge >= 0.3 is 5.97 Å². The lowest BCUT2D eigenvalue weighted by atomic mass is 10.1. The van der Waals surface area contributed by atoms with E-state index in [1.54, 1.807) is 6.08 Å².